The van der Waals surface area contributed by atoms with Gasteiger partial charge in [0.2, 0.25) is 17.7 Å². The predicted octanol–water partition coefficient (Wildman–Crippen LogP) is 1.44. The zero-order valence-electron chi connectivity index (χ0n) is 24.6. The number of aromatic nitrogens is 1. The van der Waals surface area contributed by atoms with E-state index in [1.807, 2.05) is 38.1 Å². The average molecular weight is 610 g/mol. The summed E-state index contributed by atoms with van der Waals surface area (Å²) in [4.78, 5) is 66.3. The van der Waals surface area contributed by atoms with Gasteiger partial charge in [-0.25, -0.2) is 4.79 Å². The fraction of sp³-hybridized carbons (Fsp3) is 0.387. The van der Waals surface area contributed by atoms with E-state index >= 15 is 0 Å². The largest absolute Gasteiger partial charge is 0.508 e. The van der Waals surface area contributed by atoms with Crippen LogP contribution >= 0.6 is 0 Å². The molecule has 1 aromatic heterocycles. The molecule has 4 atom stereocenters. The van der Waals surface area contributed by atoms with Gasteiger partial charge in [0.15, 0.2) is 0 Å². The Balaban J connectivity index is 1.87. The van der Waals surface area contributed by atoms with Crippen molar-refractivity contribution >= 4 is 40.6 Å². The molecule has 13 heteroatoms. The van der Waals surface area contributed by atoms with Crippen LogP contribution in [0.3, 0.4) is 0 Å². The van der Waals surface area contributed by atoms with E-state index in [2.05, 4.69) is 20.9 Å². The first-order valence-electron chi connectivity index (χ1n) is 14.3. The van der Waals surface area contributed by atoms with Gasteiger partial charge in [-0.15, -0.1) is 0 Å². The highest BCUT2D eigenvalue weighted by molar-refractivity contribution is 5.95. The van der Waals surface area contributed by atoms with Crippen LogP contribution in [0.25, 0.3) is 10.9 Å². The molecule has 4 unspecified atom stereocenters. The lowest BCUT2D eigenvalue weighted by Gasteiger charge is -2.25. The maximum absolute atomic E-state index is 13.6. The zero-order valence-corrected chi connectivity index (χ0v) is 24.6. The highest BCUT2D eigenvalue weighted by Gasteiger charge is 2.31. The monoisotopic (exact) mass is 609 g/mol. The van der Waals surface area contributed by atoms with Gasteiger partial charge < -0.3 is 42.0 Å². The Kier molecular flexibility index (Phi) is 11.9. The minimum absolute atomic E-state index is 0.000807. The molecule has 0 fully saturated rings. The normalized spacial score (nSPS) is 13.9. The number of hydrogen-bond acceptors (Lipinski definition) is 7. The van der Waals surface area contributed by atoms with E-state index in [0.29, 0.717) is 17.5 Å². The number of aliphatic carboxylic acids is 2. The van der Waals surface area contributed by atoms with E-state index in [0.717, 1.165) is 10.9 Å². The van der Waals surface area contributed by atoms with Gasteiger partial charge in [0.1, 0.15) is 23.9 Å². The molecule has 3 amide bonds. The lowest BCUT2D eigenvalue weighted by molar-refractivity contribution is -0.142. The molecule has 0 aliphatic heterocycles. The molecule has 1 heterocycles. The van der Waals surface area contributed by atoms with Crippen LogP contribution < -0.4 is 21.7 Å². The number of nitrogens with two attached hydrogens (primary N) is 1. The van der Waals surface area contributed by atoms with Crippen molar-refractivity contribution in [2.45, 2.75) is 70.1 Å². The van der Waals surface area contributed by atoms with Crippen LogP contribution in [0.4, 0.5) is 0 Å². The van der Waals surface area contributed by atoms with Gasteiger partial charge in [-0.3, -0.25) is 19.2 Å². The van der Waals surface area contributed by atoms with Crippen molar-refractivity contribution < 1.29 is 39.3 Å². The van der Waals surface area contributed by atoms with Crippen LogP contribution in [-0.2, 0) is 36.8 Å². The molecular weight excluding hydrogens is 570 g/mol. The molecule has 0 aliphatic rings. The number of amides is 3. The summed E-state index contributed by atoms with van der Waals surface area (Å²) in [5.74, 6) is -4.65. The number of nitrogens with one attached hydrogen (secondary N) is 4. The second kappa shape index (κ2) is 15.5. The summed E-state index contributed by atoms with van der Waals surface area (Å²) in [6, 6.07) is 8.24. The number of carbonyl (C=O) groups is 5. The predicted molar refractivity (Wildman–Crippen MR) is 162 cm³/mol. The Bertz CT molecular complexity index is 1470. The Morgan fingerprint density at radius 3 is 2.07 bits per heavy atom. The molecule has 2 aromatic carbocycles. The van der Waals surface area contributed by atoms with E-state index in [9.17, 15) is 39.3 Å². The van der Waals surface area contributed by atoms with Gasteiger partial charge in [-0.1, -0.05) is 44.2 Å². The number of carboxylic acid groups (broad SMARTS) is 2. The molecule has 13 nitrogen and oxygen atoms in total. The van der Waals surface area contributed by atoms with Crippen LogP contribution in [-0.4, -0.2) is 74.1 Å². The first-order chi connectivity index (χ1) is 20.8. The number of benzene rings is 2. The van der Waals surface area contributed by atoms with Crippen molar-refractivity contribution in [1.29, 1.82) is 0 Å². The van der Waals surface area contributed by atoms with Gasteiger partial charge in [0.25, 0.3) is 0 Å². The SMILES string of the molecule is CC(C)CC(N)C(=O)NC(CCC(=O)O)C(=O)NC(Cc1c[nH]c2ccccc12)C(=O)NC(Cc1ccc(O)cc1)C(=O)O. The standard InChI is InChI=1S/C31H39N5O8/c1-17(2)13-22(32)28(40)34-24(11-12-27(38)39)29(41)35-25(15-19-16-33-23-6-4-3-5-21(19)23)30(42)36-26(31(43)44)14-18-7-9-20(37)10-8-18/h3-10,16-17,22,24-26,33,37H,11-15,32H2,1-2H3,(H,34,40)(H,35,41)(H,36,42)(H,38,39)(H,43,44). The summed E-state index contributed by atoms with van der Waals surface area (Å²) >= 11 is 0. The fourth-order valence-electron chi connectivity index (χ4n) is 4.77. The third-order valence-electron chi connectivity index (χ3n) is 7.06. The molecule has 0 saturated heterocycles. The molecule has 0 spiro atoms. The molecule has 9 N–H and O–H groups in total. The number of rotatable bonds is 16. The maximum Gasteiger partial charge on any atom is 0.326 e. The summed E-state index contributed by atoms with van der Waals surface area (Å²) in [7, 11) is 0. The van der Waals surface area contributed by atoms with Crippen molar-refractivity contribution in [3.05, 3.63) is 65.9 Å². The zero-order chi connectivity index (χ0) is 32.4. The Hall–Kier alpha value is -4.91. The van der Waals surface area contributed by atoms with Gasteiger partial charge >= 0.3 is 11.9 Å². The number of hydrogen-bond donors (Lipinski definition) is 8. The van der Waals surface area contributed by atoms with E-state index in [-0.39, 0.29) is 30.9 Å². The molecule has 0 radical (unpaired) electrons. The highest BCUT2D eigenvalue weighted by Crippen LogP contribution is 2.20. The number of H-pyrrole nitrogens is 1. The molecule has 0 bridgehead atoms. The van der Waals surface area contributed by atoms with Gasteiger partial charge in [-0.05, 0) is 48.1 Å². The number of phenolic OH excluding ortho intramolecular Hbond substituents is 1. The van der Waals surface area contributed by atoms with E-state index in [1.54, 1.807) is 6.20 Å². The van der Waals surface area contributed by atoms with Crippen LogP contribution in [0.15, 0.2) is 54.7 Å². The average Bonchev–Trinajstić information content (AvgIpc) is 3.37. The second-order valence-electron chi connectivity index (χ2n) is 11.1. The smallest absolute Gasteiger partial charge is 0.326 e. The molecule has 236 valence electrons. The van der Waals surface area contributed by atoms with Crippen molar-refractivity contribution in [3.8, 4) is 5.75 Å². The number of carbonyl (C=O) groups excluding carboxylic acids is 3. The van der Waals surface area contributed by atoms with E-state index in [4.69, 9.17) is 5.73 Å². The third kappa shape index (κ3) is 9.83. The summed E-state index contributed by atoms with van der Waals surface area (Å²) in [5, 5.41) is 37.0. The van der Waals surface area contributed by atoms with Crippen molar-refractivity contribution in [3.63, 3.8) is 0 Å². The van der Waals surface area contributed by atoms with Gasteiger partial charge in [0, 0.05) is 36.4 Å². The molecule has 44 heavy (non-hydrogen) atoms. The van der Waals surface area contributed by atoms with Crippen molar-refractivity contribution in [2.24, 2.45) is 11.7 Å². The number of para-hydroxylation sites is 1. The topological polar surface area (TPSA) is 224 Å². The van der Waals surface area contributed by atoms with Crippen LogP contribution in [0.2, 0.25) is 0 Å². The summed E-state index contributed by atoms with van der Waals surface area (Å²) in [6.45, 7) is 3.75. The minimum atomic E-state index is -1.37. The highest BCUT2D eigenvalue weighted by atomic mass is 16.4. The maximum atomic E-state index is 13.6. The van der Waals surface area contributed by atoms with E-state index in [1.165, 1.54) is 24.3 Å². The lowest BCUT2D eigenvalue weighted by Crippen LogP contribution is -2.58. The Morgan fingerprint density at radius 2 is 1.43 bits per heavy atom. The number of aromatic hydroxyl groups is 1. The summed E-state index contributed by atoms with van der Waals surface area (Å²) < 4.78 is 0. The lowest BCUT2D eigenvalue weighted by atomic mass is 10.0. The number of aromatic amines is 1. The van der Waals surface area contributed by atoms with Gasteiger partial charge in [-0.2, -0.15) is 0 Å². The van der Waals surface area contributed by atoms with Crippen LogP contribution in [0.1, 0.15) is 44.2 Å². The summed E-state index contributed by atoms with van der Waals surface area (Å²) in [6.07, 6.45) is 1.17. The first-order valence-corrected chi connectivity index (χ1v) is 14.3. The third-order valence-corrected chi connectivity index (χ3v) is 7.06. The van der Waals surface area contributed by atoms with Crippen molar-refractivity contribution in [1.82, 2.24) is 20.9 Å². The first kappa shape index (κ1) is 33.6. The van der Waals surface area contributed by atoms with Gasteiger partial charge in [0.05, 0.1) is 6.04 Å². The van der Waals surface area contributed by atoms with E-state index < -0.39 is 60.2 Å². The van der Waals surface area contributed by atoms with Crippen LogP contribution in [0.5, 0.6) is 5.75 Å². The number of carboxylic acids is 2. The Morgan fingerprint density at radius 1 is 0.818 bits per heavy atom. The number of fused-ring (bicyclic) bond motifs is 1. The molecular formula is C31H39N5O8. The summed E-state index contributed by atoms with van der Waals surface area (Å²) in [5.41, 5.74) is 7.97. The number of phenols is 1. The second-order valence-corrected chi connectivity index (χ2v) is 11.1. The Labute approximate surface area is 254 Å². The quantitative estimate of drug-likeness (QED) is 0.117. The minimum Gasteiger partial charge on any atom is -0.508 e. The molecule has 3 rings (SSSR count). The van der Waals surface area contributed by atoms with Crippen molar-refractivity contribution in [2.75, 3.05) is 0 Å². The molecule has 3 aromatic rings. The van der Waals surface area contributed by atoms with Crippen LogP contribution in [0, 0.1) is 5.92 Å². The molecule has 0 saturated carbocycles. The molecule has 0 aliphatic carbocycles. The fourth-order valence-corrected chi connectivity index (χ4v) is 4.77.